The molecule has 10 heteroatoms. The van der Waals surface area contributed by atoms with Crippen LogP contribution in [0, 0.1) is 23.0 Å². The third-order valence-electron chi connectivity index (χ3n) is 3.88. The lowest BCUT2D eigenvalue weighted by Crippen LogP contribution is -2.02. The third kappa shape index (κ3) is 3.61. The average molecular weight is 409 g/mol. The summed E-state index contributed by atoms with van der Waals surface area (Å²) in [5.74, 6) is -1.92. The van der Waals surface area contributed by atoms with Crippen molar-refractivity contribution in [2.24, 2.45) is 0 Å². The molecule has 1 aromatic heterocycles. The topological polar surface area (TPSA) is 75.8 Å². The first-order valence-electron chi connectivity index (χ1n) is 7.70. The molecule has 0 saturated heterocycles. The van der Waals surface area contributed by atoms with Crippen molar-refractivity contribution in [1.29, 1.82) is 5.26 Å². The Morgan fingerprint density at radius 1 is 1.07 bits per heavy atom. The standard InChI is InChI=1S/C18H11F4N3O2S/c1-28(26,27)14-4-2-13(3-5-14)25-17(10-6-11(19)8-12(20)7-10)15(9-23)16(24-25)18(21)22/h2-8,18H,1H3. The van der Waals surface area contributed by atoms with Gasteiger partial charge in [-0.25, -0.2) is 30.7 Å². The van der Waals surface area contributed by atoms with E-state index < -0.39 is 39.2 Å². The Morgan fingerprint density at radius 3 is 2.11 bits per heavy atom. The summed E-state index contributed by atoms with van der Waals surface area (Å²) in [6.45, 7) is 0. The number of nitrogens with zero attached hydrogens (tertiary/aromatic N) is 3. The van der Waals surface area contributed by atoms with Crippen molar-refractivity contribution in [2.45, 2.75) is 11.3 Å². The lowest BCUT2D eigenvalue weighted by Gasteiger charge is -2.09. The van der Waals surface area contributed by atoms with Gasteiger partial charge in [0.15, 0.2) is 9.84 Å². The van der Waals surface area contributed by atoms with Gasteiger partial charge in [-0.2, -0.15) is 10.4 Å². The van der Waals surface area contributed by atoms with Crippen molar-refractivity contribution in [3.05, 3.63) is 65.4 Å². The van der Waals surface area contributed by atoms with Crippen molar-refractivity contribution in [3.8, 4) is 23.0 Å². The van der Waals surface area contributed by atoms with Gasteiger partial charge in [-0.05, 0) is 36.4 Å². The second-order valence-electron chi connectivity index (χ2n) is 5.86. The highest BCUT2D eigenvalue weighted by molar-refractivity contribution is 7.90. The highest BCUT2D eigenvalue weighted by Crippen LogP contribution is 2.34. The number of nitriles is 1. The predicted octanol–water partition coefficient (Wildman–Crippen LogP) is 4.03. The van der Waals surface area contributed by atoms with Gasteiger partial charge in [0.05, 0.1) is 16.3 Å². The third-order valence-corrected chi connectivity index (χ3v) is 5.00. The van der Waals surface area contributed by atoms with Gasteiger partial charge in [-0.1, -0.05) is 0 Å². The number of sulfone groups is 1. The van der Waals surface area contributed by atoms with Gasteiger partial charge in [0, 0.05) is 17.9 Å². The van der Waals surface area contributed by atoms with Crippen LogP contribution < -0.4 is 0 Å². The molecule has 0 amide bonds. The Kier molecular flexibility index (Phi) is 4.95. The van der Waals surface area contributed by atoms with Crippen molar-refractivity contribution in [3.63, 3.8) is 0 Å². The second-order valence-corrected chi connectivity index (χ2v) is 7.87. The Bertz CT molecular complexity index is 1180. The SMILES string of the molecule is CS(=O)(=O)c1ccc(-n2nc(C(F)F)c(C#N)c2-c2cc(F)cc(F)c2)cc1. The largest absolute Gasteiger partial charge is 0.283 e. The van der Waals surface area contributed by atoms with Crippen LogP contribution in [0.5, 0.6) is 0 Å². The molecule has 28 heavy (non-hydrogen) atoms. The Balaban J connectivity index is 2.31. The fraction of sp³-hybridized carbons (Fsp3) is 0.111. The van der Waals surface area contributed by atoms with Crippen LogP contribution in [0.3, 0.4) is 0 Å². The number of aromatic nitrogens is 2. The number of alkyl halides is 2. The van der Waals surface area contributed by atoms with Crippen LogP contribution in [0.25, 0.3) is 16.9 Å². The molecule has 0 spiro atoms. The van der Waals surface area contributed by atoms with E-state index in [1.807, 2.05) is 0 Å². The maximum absolute atomic E-state index is 13.7. The van der Waals surface area contributed by atoms with Gasteiger partial charge in [0.1, 0.15) is 29.0 Å². The van der Waals surface area contributed by atoms with Crippen LogP contribution in [0.1, 0.15) is 17.7 Å². The molecule has 0 aliphatic heterocycles. The van der Waals surface area contributed by atoms with Gasteiger partial charge in [0.2, 0.25) is 0 Å². The van der Waals surface area contributed by atoms with E-state index in [4.69, 9.17) is 0 Å². The van der Waals surface area contributed by atoms with E-state index >= 15 is 0 Å². The van der Waals surface area contributed by atoms with Gasteiger partial charge in [-0.15, -0.1) is 0 Å². The van der Waals surface area contributed by atoms with E-state index in [2.05, 4.69) is 5.10 Å². The second kappa shape index (κ2) is 7.09. The Morgan fingerprint density at radius 2 is 1.64 bits per heavy atom. The first-order chi connectivity index (χ1) is 13.1. The first-order valence-corrected chi connectivity index (χ1v) is 9.59. The number of hydrogen-bond donors (Lipinski definition) is 0. The van der Waals surface area contributed by atoms with E-state index in [0.29, 0.717) is 6.07 Å². The van der Waals surface area contributed by atoms with E-state index in [-0.39, 0.29) is 21.8 Å². The molecule has 0 fully saturated rings. The summed E-state index contributed by atoms with van der Waals surface area (Å²) in [5, 5.41) is 13.1. The molecule has 0 unspecified atom stereocenters. The minimum atomic E-state index is -3.50. The molecule has 3 aromatic rings. The molecule has 0 atom stereocenters. The molecule has 2 aromatic carbocycles. The zero-order chi connectivity index (χ0) is 20.6. The molecule has 0 radical (unpaired) electrons. The minimum Gasteiger partial charge on any atom is -0.231 e. The maximum atomic E-state index is 13.7. The fourth-order valence-electron chi connectivity index (χ4n) is 2.68. The van der Waals surface area contributed by atoms with E-state index in [0.717, 1.165) is 23.1 Å². The molecule has 0 bridgehead atoms. The van der Waals surface area contributed by atoms with Crippen LogP contribution in [0.2, 0.25) is 0 Å². The lowest BCUT2D eigenvalue weighted by molar-refractivity contribution is 0.145. The normalized spacial score (nSPS) is 11.6. The highest BCUT2D eigenvalue weighted by Gasteiger charge is 2.26. The average Bonchev–Trinajstić information content (AvgIpc) is 3.00. The van der Waals surface area contributed by atoms with Crippen LogP contribution in [0.15, 0.2) is 47.4 Å². The van der Waals surface area contributed by atoms with Crippen molar-refractivity contribution in [2.75, 3.05) is 6.26 Å². The van der Waals surface area contributed by atoms with Crippen molar-refractivity contribution < 1.29 is 26.0 Å². The molecular formula is C18H11F4N3O2S. The summed E-state index contributed by atoms with van der Waals surface area (Å²) >= 11 is 0. The van der Waals surface area contributed by atoms with Gasteiger partial charge in [-0.3, -0.25) is 0 Å². The number of hydrogen-bond acceptors (Lipinski definition) is 4. The van der Waals surface area contributed by atoms with E-state index in [1.165, 1.54) is 24.3 Å². The van der Waals surface area contributed by atoms with Gasteiger partial charge < -0.3 is 0 Å². The monoisotopic (exact) mass is 409 g/mol. The zero-order valence-corrected chi connectivity index (χ0v) is 15.0. The summed E-state index contributed by atoms with van der Waals surface area (Å²) in [7, 11) is -3.50. The highest BCUT2D eigenvalue weighted by atomic mass is 32.2. The molecule has 5 nitrogen and oxygen atoms in total. The minimum absolute atomic E-state index is 0.0173. The predicted molar refractivity (Wildman–Crippen MR) is 91.7 cm³/mol. The van der Waals surface area contributed by atoms with Crippen molar-refractivity contribution >= 4 is 9.84 Å². The molecule has 0 aliphatic rings. The Hall–Kier alpha value is -3.19. The van der Waals surface area contributed by atoms with Crippen LogP contribution in [-0.4, -0.2) is 24.5 Å². The first kappa shape index (κ1) is 19.6. The quantitative estimate of drug-likeness (QED) is 0.610. The zero-order valence-electron chi connectivity index (χ0n) is 14.2. The van der Waals surface area contributed by atoms with Crippen LogP contribution in [0.4, 0.5) is 17.6 Å². The molecule has 0 N–H and O–H groups in total. The van der Waals surface area contributed by atoms with Gasteiger partial charge >= 0.3 is 0 Å². The molecule has 0 saturated carbocycles. The maximum Gasteiger partial charge on any atom is 0.283 e. The summed E-state index contributed by atoms with van der Waals surface area (Å²) in [4.78, 5) is -0.0173. The van der Waals surface area contributed by atoms with E-state index in [1.54, 1.807) is 6.07 Å². The van der Waals surface area contributed by atoms with Crippen LogP contribution >= 0.6 is 0 Å². The molecule has 0 aliphatic carbocycles. The van der Waals surface area contributed by atoms with Crippen molar-refractivity contribution in [1.82, 2.24) is 9.78 Å². The number of benzene rings is 2. The fourth-order valence-corrected chi connectivity index (χ4v) is 3.31. The van der Waals surface area contributed by atoms with Crippen LogP contribution in [-0.2, 0) is 9.84 Å². The molecule has 144 valence electrons. The van der Waals surface area contributed by atoms with Gasteiger partial charge in [0.25, 0.3) is 6.43 Å². The Labute approximate surface area is 157 Å². The summed E-state index contributed by atoms with van der Waals surface area (Å²) < 4.78 is 78.2. The molecule has 1 heterocycles. The molecule has 3 rings (SSSR count). The molecular weight excluding hydrogens is 398 g/mol. The smallest absolute Gasteiger partial charge is 0.231 e. The number of halogens is 4. The summed E-state index contributed by atoms with van der Waals surface area (Å²) in [6.07, 6.45) is -2.11. The lowest BCUT2D eigenvalue weighted by atomic mass is 10.1. The number of rotatable bonds is 4. The summed E-state index contributed by atoms with van der Waals surface area (Å²) in [6, 6.07) is 9.03. The van der Waals surface area contributed by atoms with E-state index in [9.17, 15) is 31.2 Å². The summed E-state index contributed by atoms with van der Waals surface area (Å²) in [5.41, 5.74) is -1.65.